The van der Waals surface area contributed by atoms with Crippen molar-refractivity contribution in [1.29, 1.82) is 0 Å². The van der Waals surface area contributed by atoms with Crippen LogP contribution in [0.3, 0.4) is 0 Å². The third kappa shape index (κ3) is 5.47. The lowest BCUT2D eigenvalue weighted by Gasteiger charge is -2.17. The van der Waals surface area contributed by atoms with Crippen LogP contribution in [0, 0.1) is 12.8 Å². The van der Waals surface area contributed by atoms with Crippen molar-refractivity contribution in [3.63, 3.8) is 0 Å². The molecule has 27 heavy (non-hydrogen) atoms. The lowest BCUT2D eigenvalue weighted by molar-refractivity contribution is -0.127. The van der Waals surface area contributed by atoms with Crippen LogP contribution in [0.4, 0.5) is 10.5 Å². The molecule has 2 aromatic rings. The first-order chi connectivity index (χ1) is 13.0. The van der Waals surface area contributed by atoms with Gasteiger partial charge in [0, 0.05) is 42.7 Å². The van der Waals surface area contributed by atoms with Crippen LogP contribution in [0.1, 0.15) is 17.5 Å². The first-order valence-corrected chi connectivity index (χ1v) is 9.52. The second-order valence-electron chi connectivity index (χ2n) is 6.94. The van der Waals surface area contributed by atoms with Crippen LogP contribution in [0.2, 0.25) is 5.02 Å². The summed E-state index contributed by atoms with van der Waals surface area (Å²) in [5, 5.41) is 6.25. The number of rotatable bonds is 6. The molecule has 1 atom stereocenters. The van der Waals surface area contributed by atoms with Gasteiger partial charge in [-0.3, -0.25) is 4.79 Å². The fraction of sp³-hybridized carbons (Fsp3) is 0.333. The van der Waals surface area contributed by atoms with Gasteiger partial charge in [0.15, 0.2) is 0 Å². The molecule has 0 saturated carbocycles. The Morgan fingerprint density at radius 2 is 2.00 bits per heavy atom. The molecule has 1 aliphatic rings. The summed E-state index contributed by atoms with van der Waals surface area (Å²) in [5.74, 6) is 0.295. The number of urea groups is 1. The number of hydrogen-bond acceptors (Lipinski definition) is 2. The molecular formula is C21H24ClN3O2. The van der Waals surface area contributed by atoms with E-state index in [0.29, 0.717) is 36.8 Å². The van der Waals surface area contributed by atoms with E-state index >= 15 is 0 Å². The van der Waals surface area contributed by atoms with Crippen LogP contribution in [0.5, 0.6) is 0 Å². The number of benzene rings is 2. The van der Waals surface area contributed by atoms with Crippen molar-refractivity contribution in [2.45, 2.75) is 19.8 Å². The zero-order valence-electron chi connectivity index (χ0n) is 15.4. The molecule has 6 heteroatoms. The average molecular weight is 386 g/mol. The van der Waals surface area contributed by atoms with Gasteiger partial charge < -0.3 is 15.5 Å². The van der Waals surface area contributed by atoms with Gasteiger partial charge >= 0.3 is 6.03 Å². The van der Waals surface area contributed by atoms with E-state index < -0.39 is 0 Å². The van der Waals surface area contributed by atoms with E-state index in [9.17, 15) is 9.59 Å². The summed E-state index contributed by atoms with van der Waals surface area (Å²) in [6.07, 6.45) is 1.33. The van der Waals surface area contributed by atoms with Crippen LogP contribution in [-0.2, 0) is 11.2 Å². The Morgan fingerprint density at radius 1 is 1.22 bits per heavy atom. The summed E-state index contributed by atoms with van der Waals surface area (Å²) >= 11 is 5.97. The zero-order valence-corrected chi connectivity index (χ0v) is 16.1. The van der Waals surface area contributed by atoms with Crippen LogP contribution >= 0.6 is 11.6 Å². The molecule has 3 amide bonds. The maximum atomic E-state index is 12.2. The van der Waals surface area contributed by atoms with Crippen LogP contribution < -0.4 is 10.6 Å². The number of anilines is 1. The van der Waals surface area contributed by atoms with Crippen molar-refractivity contribution in [2.24, 2.45) is 5.92 Å². The number of likely N-dealkylation sites (tertiary alicyclic amines) is 1. The fourth-order valence-electron chi connectivity index (χ4n) is 3.25. The number of carbonyl (C=O) groups is 2. The molecule has 142 valence electrons. The minimum Gasteiger partial charge on any atom is -0.342 e. The summed E-state index contributed by atoms with van der Waals surface area (Å²) in [7, 11) is 0. The topological polar surface area (TPSA) is 61.4 Å². The molecule has 5 nitrogen and oxygen atoms in total. The van der Waals surface area contributed by atoms with Gasteiger partial charge in [0.25, 0.3) is 0 Å². The van der Waals surface area contributed by atoms with E-state index in [1.54, 1.807) is 12.1 Å². The number of nitrogens with zero attached hydrogens (tertiary/aromatic N) is 1. The van der Waals surface area contributed by atoms with Crippen LogP contribution in [-0.4, -0.2) is 36.5 Å². The molecule has 0 radical (unpaired) electrons. The minimum absolute atomic E-state index is 0.138. The SMILES string of the molecule is Cc1ccc(Cl)cc1NC(=O)NC[C@H]1CC(=O)N(CCc2ccccc2)C1. The van der Waals surface area contributed by atoms with Crippen molar-refractivity contribution in [3.8, 4) is 0 Å². The lowest BCUT2D eigenvalue weighted by Crippen LogP contribution is -2.34. The highest BCUT2D eigenvalue weighted by Gasteiger charge is 2.29. The van der Waals surface area contributed by atoms with E-state index in [4.69, 9.17) is 11.6 Å². The largest absolute Gasteiger partial charge is 0.342 e. The Balaban J connectivity index is 1.44. The summed E-state index contributed by atoms with van der Waals surface area (Å²) in [6, 6.07) is 15.2. The normalized spacial score (nSPS) is 16.4. The highest BCUT2D eigenvalue weighted by molar-refractivity contribution is 6.31. The molecule has 2 N–H and O–H groups in total. The Hall–Kier alpha value is -2.53. The molecule has 1 heterocycles. The number of carbonyl (C=O) groups excluding carboxylic acids is 2. The van der Waals surface area contributed by atoms with E-state index in [2.05, 4.69) is 22.8 Å². The van der Waals surface area contributed by atoms with Gasteiger partial charge in [-0.05, 0) is 36.6 Å². The number of nitrogens with one attached hydrogen (secondary N) is 2. The zero-order chi connectivity index (χ0) is 19.2. The second kappa shape index (κ2) is 8.91. The Kier molecular flexibility index (Phi) is 6.35. The first-order valence-electron chi connectivity index (χ1n) is 9.14. The average Bonchev–Trinajstić information content (AvgIpc) is 3.02. The molecule has 0 spiro atoms. The van der Waals surface area contributed by atoms with Gasteiger partial charge in [-0.25, -0.2) is 4.79 Å². The van der Waals surface area contributed by atoms with E-state index in [-0.39, 0.29) is 17.9 Å². The molecule has 1 fully saturated rings. The van der Waals surface area contributed by atoms with Gasteiger partial charge in [-0.1, -0.05) is 48.0 Å². The molecule has 1 aliphatic heterocycles. The van der Waals surface area contributed by atoms with Crippen molar-refractivity contribution in [3.05, 3.63) is 64.7 Å². The number of amides is 3. The van der Waals surface area contributed by atoms with Gasteiger partial charge in [-0.2, -0.15) is 0 Å². The maximum absolute atomic E-state index is 12.2. The molecule has 2 aromatic carbocycles. The fourth-order valence-corrected chi connectivity index (χ4v) is 3.42. The monoisotopic (exact) mass is 385 g/mol. The summed E-state index contributed by atoms with van der Waals surface area (Å²) in [5.41, 5.74) is 2.85. The van der Waals surface area contributed by atoms with Crippen molar-refractivity contribution < 1.29 is 9.59 Å². The highest BCUT2D eigenvalue weighted by atomic mass is 35.5. The Labute approximate surface area is 164 Å². The summed E-state index contributed by atoms with van der Waals surface area (Å²) in [4.78, 5) is 26.2. The third-order valence-electron chi connectivity index (χ3n) is 4.81. The lowest BCUT2D eigenvalue weighted by atomic mass is 10.1. The standard InChI is InChI=1S/C21H24ClN3O2/c1-15-7-8-18(22)12-19(15)24-21(27)23-13-17-11-20(26)25(14-17)10-9-16-5-3-2-4-6-16/h2-8,12,17H,9-11,13-14H2,1H3,(H2,23,24,27)/t17-/m1/s1. The van der Waals surface area contributed by atoms with E-state index in [1.807, 2.05) is 36.1 Å². The van der Waals surface area contributed by atoms with Gasteiger partial charge in [-0.15, -0.1) is 0 Å². The number of halogens is 1. The predicted octanol–water partition coefficient (Wildman–Crippen LogP) is 3.86. The molecule has 3 rings (SSSR count). The summed E-state index contributed by atoms with van der Waals surface area (Å²) < 4.78 is 0. The number of hydrogen-bond donors (Lipinski definition) is 2. The van der Waals surface area contributed by atoms with Gasteiger partial charge in [0.05, 0.1) is 0 Å². The minimum atomic E-state index is -0.282. The quantitative estimate of drug-likeness (QED) is 0.793. The Morgan fingerprint density at radius 3 is 2.78 bits per heavy atom. The van der Waals surface area contributed by atoms with Crippen LogP contribution in [0.15, 0.2) is 48.5 Å². The first kappa shape index (κ1) is 19.2. The van der Waals surface area contributed by atoms with E-state index in [1.165, 1.54) is 5.56 Å². The van der Waals surface area contributed by atoms with Crippen molar-refractivity contribution in [1.82, 2.24) is 10.2 Å². The van der Waals surface area contributed by atoms with Crippen molar-refractivity contribution >= 4 is 29.2 Å². The second-order valence-corrected chi connectivity index (χ2v) is 7.38. The summed E-state index contributed by atoms with van der Waals surface area (Å²) in [6.45, 7) is 3.78. The smallest absolute Gasteiger partial charge is 0.319 e. The van der Waals surface area contributed by atoms with Crippen LogP contribution in [0.25, 0.3) is 0 Å². The molecule has 1 saturated heterocycles. The molecule has 0 unspecified atom stereocenters. The molecular weight excluding hydrogens is 362 g/mol. The predicted molar refractivity (Wildman–Crippen MR) is 108 cm³/mol. The maximum Gasteiger partial charge on any atom is 0.319 e. The van der Waals surface area contributed by atoms with Gasteiger partial charge in [0.2, 0.25) is 5.91 Å². The highest BCUT2D eigenvalue weighted by Crippen LogP contribution is 2.20. The molecule has 0 bridgehead atoms. The van der Waals surface area contributed by atoms with E-state index in [0.717, 1.165) is 12.0 Å². The molecule has 0 aromatic heterocycles. The van der Waals surface area contributed by atoms with Crippen molar-refractivity contribution in [2.75, 3.05) is 25.0 Å². The molecule has 0 aliphatic carbocycles. The Bertz CT molecular complexity index is 810. The third-order valence-corrected chi connectivity index (χ3v) is 5.04. The van der Waals surface area contributed by atoms with Gasteiger partial charge in [0.1, 0.15) is 0 Å². The number of aryl methyl sites for hydroxylation is 1.